The van der Waals surface area contributed by atoms with Gasteiger partial charge < -0.3 is 4.52 Å². The molecule has 0 radical (unpaired) electrons. The zero-order chi connectivity index (χ0) is 10.8. The van der Waals surface area contributed by atoms with Crippen LogP contribution in [0.15, 0.2) is 23.1 Å². The van der Waals surface area contributed by atoms with Crippen LogP contribution < -0.4 is 0 Å². The molecule has 0 aliphatic carbocycles. The predicted molar refractivity (Wildman–Crippen MR) is 65.2 cm³/mol. The van der Waals surface area contributed by atoms with Crippen LogP contribution in [0.4, 0.5) is 0 Å². The second-order valence-corrected chi connectivity index (χ2v) is 8.53. The Balaban J connectivity index is 2.24. The van der Waals surface area contributed by atoms with Gasteiger partial charge in [0.15, 0.2) is 0 Å². The molecule has 15 heavy (non-hydrogen) atoms. The smallest absolute Gasteiger partial charge is 0.127 e. The predicted octanol–water partition coefficient (Wildman–Crippen LogP) is 3.83. The molecule has 82 valence electrons. The Hall–Kier alpha value is 0.340. The molecule has 0 aromatic heterocycles. The van der Waals surface area contributed by atoms with Gasteiger partial charge in [0.05, 0.1) is 6.61 Å². The number of halogens is 2. The first-order chi connectivity index (χ1) is 7.16. The van der Waals surface area contributed by atoms with Gasteiger partial charge in [0.25, 0.3) is 0 Å². The van der Waals surface area contributed by atoms with E-state index in [0.29, 0.717) is 21.5 Å². The van der Waals surface area contributed by atoms with Gasteiger partial charge >= 0.3 is 0 Å². The lowest BCUT2D eigenvalue weighted by Gasteiger charge is -2.09. The van der Waals surface area contributed by atoms with Crippen molar-refractivity contribution in [3.8, 4) is 0 Å². The van der Waals surface area contributed by atoms with E-state index in [2.05, 4.69) is 0 Å². The van der Waals surface area contributed by atoms with Gasteiger partial charge in [0.2, 0.25) is 0 Å². The Morgan fingerprint density at radius 3 is 2.47 bits per heavy atom. The van der Waals surface area contributed by atoms with Crippen LogP contribution in [0.25, 0.3) is 0 Å². The highest BCUT2D eigenvalue weighted by Crippen LogP contribution is 2.49. The third-order valence-corrected chi connectivity index (χ3v) is 7.15. The zero-order valence-corrected chi connectivity index (χ0v) is 11.0. The summed E-state index contributed by atoms with van der Waals surface area (Å²) < 4.78 is 17.5. The van der Waals surface area contributed by atoms with Crippen molar-refractivity contribution < 1.29 is 8.73 Å². The zero-order valence-electron chi connectivity index (χ0n) is 7.78. The summed E-state index contributed by atoms with van der Waals surface area (Å²) in [7, 11) is -1.96. The molecule has 1 aliphatic heterocycles. The number of rotatable bonds is 2. The van der Waals surface area contributed by atoms with Crippen molar-refractivity contribution in [1.29, 1.82) is 0 Å². The van der Waals surface area contributed by atoms with E-state index in [-0.39, 0.29) is 0 Å². The van der Waals surface area contributed by atoms with Gasteiger partial charge in [-0.2, -0.15) is 0 Å². The van der Waals surface area contributed by atoms with E-state index in [1.807, 2.05) is 0 Å². The first-order valence-corrected chi connectivity index (χ1v) is 8.41. The largest absolute Gasteiger partial charge is 0.345 e. The van der Waals surface area contributed by atoms with Gasteiger partial charge in [0.1, 0.15) is 17.8 Å². The molecule has 2 atom stereocenters. The summed E-state index contributed by atoms with van der Waals surface area (Å²) in [5.41, 5.74) is 0. The second kappa shape index (κ2) is 5.11. The third kappa shape index (κ3) is 2.92. The summed E-state index contributed by atoms with van der Waals surface area (Å²) in [6.07, 6.45) is 1.89. The van der Waals surface area contributed by atoms with Crippen molar-refractivity contribution >= 4 is 41.0 Å². The standard InChI is InChI=1S/C9H9Cl2O2PS/c10-7-4-8(11)6-9(5-7)15(12)14-3-1-2-13-14/h4-6H,1-3H2. The van der Waals surface area contributed by atoms with Crippen LogP contribution in [0.1, 0.15) is 6.42 Å². The summed E-state index contributed by atoms with van der Waals surface area (Å²) in [5, 5.41) is 1.03. The molecule has 1 aromatic carbocycles. The van der Waals surface area contributed by atoms with Crippen LogP contribution >= 0.6 is 30.6 Å². The summed E-state index contributed by atoms with van der Waals surface area (Å²) in [6, 6.07) is 5.01. The fraction of sp³-hybridized carbons (Fsp3) is 0.333. The van der Waals surface area contributed by atoms with Gasteiger partial charge in [-0.3, -0.25) is 0 Å². The van der Waals surface area contributed by atoms with Crippen LogP contribution in [-0.4, -0.2) is 17.0 Å². The first-order valence-electron chi connectivity index (χ1n) is 4.45. The van der Waals surface area contributed by atoms with Gasteiger partial charge in [-0.25, -0.2) is 4.21 Å². The molecule has 0 amide bonds. The fourth-order valence-electron chi connectivity index (χ4n) is 1.30. The molecule has 2 rings (SSSR count). The highest BCUT2D eigenvalue weighted by atomic mass is 35.5. The van der Waals surface area contributed by atoms with E-state index in [1.165, 1.54) is 0 Å². The van der Waals surface area contributed by atoms with Crippen molar-refractivity contribution in [2.75, 3.05) is 12.8 Å². The summed E-state index contributed by atoms with van der Waals surface area (Å²) in [6.45, 7) is 0.714. The Bertz CT molecular complexity index is 373. The summed E-state index contributed by atoms with van der Waals surface area (Å²) in [4.78, 5) is 0.667. The number of hydrogen-bond donors (Lipinski definition) is 0. The SMILES string of the molecule is O=S(c1cc(Cl)cc(Cl)c1)P1CCCO1. The molecule has 2 nitrogen and oxygen atoms in total. The number of hydrogen-bond acceptors (Lipinski definition) is 2. The molecular formula is C9H9Cl2O2PS. The van der Waals surface area contributed by atoms with Crippen LogP contribution in [-0.2, 0) is 14.9 Å². The van der Waals surface area contributed by atoms with Crippen LogP contribution in [0, 0.1) is 0 Å². The van der Waals surface area contributed by atoms with Gasteiger partial charge in [-0.05, 0) is 24.6 Å². The van der Waals surface area contributed by atoms with E-state index in [1.54, 1.807) is 18.2 Å². The van der Waals surface area contributed by atoms with Crippen molar-refractivity contribution in [3.63, 3.8) is 0 Å². The minimum absolute atomic E-state index is 0.514. The van der Waals surface area contributed by atoms with E-state index in [9.17, 15) is 4.21 Å². The van der Waals surface area contributed by atoms with Crippen LogP contribution in [0.2, 0.25) is 10.0 Å². The Kier molecular flexibility index (Phi) is 4.03. The van der Waals surface area contributed by atoms with Gasteiger partial charge in [-0.1, -0.05) is 23.2 Å². The van der Waals surface area contributed by atoms with Gasteiger partial charge in [-0.15, -0.1) is 0 Å². The fourth-order valence-corrected chi connectivity index (χ4v) is 6.18. The lowest BCUT2D eigenvalue weighted by Crippen LogP contribution is -1.90. The average Bonchev–Trinajstić information content (AvgIpc) is 2.67. The lowest BCUT2D eigenvalue weighted by molar-refractivity contribution is 0.392. The first kappa shape index (κ1) is 11.8. The minimum Gasteiger partial charge on any atom is -0.345 e. The Labute approximate surface area is 102 Å². The molecule has 6 heteroatoms. The Morgan fingerprint density at radius 1 is 1.27 bits per heavy atom. The number of benzene rings is 1. The molecule has 2 unspecified atom stereocenters. The maximum absolute atomic E-state index is 12.0. The molecule has 1 fully saturated rings. The lowest BCUT2D eigenvalue weighted by atomic mass is 10.4. The van der Waals surface area contributed by atoms with Crippen LogP contribution in [0.5, 0.6) is 0 Å². The highest BCUT2D eigenvalue weighted by molar-refractivity contribution is 8.45. The summed E-state index contributed by atoms with van der Waals surface area (Å²) in [5.74, 6) is 0. The quantitative estimate of drug-likeness (QED) is 0.771. The van der Waals surface area contributed by atoms with Gasteiger partial charge in [0, 0.05) is 21.1 Å². The van der Waals surface area contributed by atoms with Crippen molar-refractivity contribution in [1.82, 2.24) is 0 Å². The maximum atomic E-state index is 12.0. The summed E-state index contributed by atoms with van der Waals surface area (Å²) >= 11 is 11.7. The molecule has 0 bridgehead atoms. The van der Waals surface area contributed by atoms with Crippen LogP contribution in [0.3, 0.4) is 0 Å². The molecular weight excluding hydrogens is 274 g/mol. The van der Waals surface area contributed by atoms with Crippen molar-refractivity contribution in [2.24, 2.45) is 0 Å². The van der Waals surface area contributed by atoms with E-state index >= 15 is 0 Å². The monoisotopic (exact) mass is 282 g/mol. The van der Waals surface area contributed by atoms with E-state index in [0.717, 1.165) is 12.6 Å². The van der Waals surface area contributed by atoms with E-state index < -0.39 is 17.8 Å². The normalized spacial score (nSPS) is 22.9. The molecule has 1 aromatic rings. The topological polar surface area (TPSA) is 26.3 Å². The molecule has 0 saturated carbocycles. The second-order valence-electron chi connectivity index (χ2n) is 3.10. The molecule has 1 heterocycles. The highest BCUT2D eigenvalue weighted by Gasteiger charge is 2.24. The Morgan fingerprint density at radius 2 is 1.93 bits per heavy atom. The molecule has 1 saturated heterocycles. The molecule has 0 N–H and O–H groups in total. The minimum atomic E-state index is -1.11. The maximum Gasteiger partial charge on any atom is 0.127 e. The van der Waals surface area contributed by atoms with Crippen molar-refractivity contribution in [3.05, 3.63) is 28.2 Å². The molecule has 1 aliphatic rings. The molecule has 0 spiro atoms. The van der Waals surface area contributed by atoms with Crippen molar-refractivity contribution in [2.45, 2.75) is 11.3 Å². The average molecular weight is 283 g/mol. The van der Waals surface area contributed by atoms with E-state index in [4.69, 9.17) is 27.7 Å². The third-order valence-electron chi connectivity index (χ3n) is 1.94.